The van der Waals surface area contributed by atoms with E-state index >= 15 is 0 Å². The summed E-state index contributed by atoms with van der Waals surface area (Å²) in [5.74, 6) is -1.15. The minimum Gasteiger partial charge on any atom is -0.480 e. The van der Waals surface area contributed by atoms with Crippen molar-refractivity contribution in [3.8, 4) is 0 Å². The van der Waals surface area contributed by atoms with Gasteiger partial charge in [0.1, 0.15) is 6.04 Å². The fourth-order valence-corrected chi connectivity index (χ4v) is 1.10. The molecule has 4 amide bonds. The number of nitrogens with one attached hydrogen (secondary N) is 2. The van der Waals surface area contributed by atoms with Crippen LogP contribution in [0.5, 0.6) is 0 Å². The predicted octanol–water partition coefficient (Wildman–Crippen LogP) is -0.806. The number of rotatable bonds is 2. The van der Waals surface area contributed by atoms with E-state index in [4.69, 9.17) is 5.11 Å². The molecule has 1 fully saturated rings. The number of carboxylic acids is 1. The summed E-state index contributed by atoms with van der Waals surface area (Å²) in [5.41, 5.74) is 0. The van der Waals surface area contributed by atoms with Crippen LogP contribution in [-0.2, 0) is 4.79 Å². The first-order chi connectivity index (χ1) is 6.56. The lowest BCUT2D eigenvalue weighted by molar-refractivity contribution is -0.138. The van der Waals surface area contributed by atoms with E-state index in [0.29, 0.717) is 6.54 Å². The Balaban J connectivity index is 2.61. The van der Waals surface area contributed by atoms with Crippen molar-refractivity contribution in [3.05, 3.63) is 0 Å². The van der Waals surface area contributed by atoms with Crippen molar-refractivity contribution >= 4 is 18.0 Å². The number of amides is 4. The smallest absolute Gasteiger partial charge is 0.328 e. The average Bonchev–Trinajstić information content (AvgIpc) is 2.48. The van der Waals surface area contributed by atoms with E-state index in [-0.39, 0.29) is 6.54 Å². The molecule has 7 heteroatoms. The monoisotopic (exact) mass is 201 g/mol. The van der Waals surface area contributed by atoms with Crippen molar-refractivity contribution in [2.24, 2.45) is 0 Å². The van der Waals surface area contributed by atoms with Crippen molar-refractivity contribution in [2.45, 2.75) is 13.0 Å². The number of carbonyl (C=O) groups is 3. The first-order valence-corrected chi connectivity index (χ1v) is 4.15. The molecule has 1 unspecified atom stereocenters. The third-order valence-corrected chi connectivity index (χ3v) is 1.78. The average molecular weight is 201 g/mol. The van der Waals surface area contributed by atoms with Crippen molar-refractivity contribution in [3.63, 3.8) is 0 Å². The zero-order valence-electron chi connectivity index (χ0n) is 7.61. The number of nitrogens with zero attached hydrogens (tertiary/aromatic N) is 1. The fraction of sp³-hybridized carbons (Fsp3) is 0.571. The maximum Gasteiger partial charge on any atom is 0.328 e. The molecule has 3 N–H and O–H groups in total. The molecule has 0 spiro atoms. The highest BCUT2D eigenvalue weighted by Crippen LogP contribution is 2.04. The van der Waals surface area contributed by atoms with E-state index in [1.807, 2.05) is 0 Å². The molecule has 1 aliphatic rings. The third-order valence-electron chi connectivity index (χ3n) is 1.78. The van der Waals surface area contributed by atoms with Gasteiger partial charge in [0.05, 0.1) is 6.54 Å². The minimum atomic E-state index is -1.15. The van der Waals surface area contributed by atoms with Crippen LogP contribution in [0.15, 0.2) is 0 Å². The van der Waals surface area contributed by atoms with Gasteiger partial charge < -0.3 is 15.7 Å². The van der Waals surface area contributed by atoms with Gasteiger partial charge in [0.25, 0.3) is 0 Å². The molecule has 0 aromatic heterocycles. The van der Waals surface area contributed by atoms with E-state index in [1.165, 1.54) is 0 Å². The second-order valence-corrected chi connectivity index (χ2v) is 2.79. The largest absolute Gasteiger partial charge is 0.480 e. The lowest BCUT2D eigenvalue weighted by Gasteiger charge is -2.11. The number of carboxylic acid groups (broad SMARTS) is 1. The summed E-state index contributed by atoms with van der Waals surface area (Å²) < 4.78 is 0. The molecule has 0 aromatic carbocycles. The van der Waals surface area contributed by atoms with Crippen LogP contribution >= 0.6 is 0 Å². The van der Waals surface area contributed by atoms with Crippen molar-refractivity contribution < 1.29 is 19.5 Å². The minimum absolute atomic E-state index is 0.139. The number of carbonyl (C=O) groups excluding carboxylic acids is 2. The van der Waals surface area contributed by atoms with E-state index < -0.39 is 24.1 Å². The third kappa shape index (κ3) is 1.93. The van der Waals surface area contributed by atoms with Crippen molar-refractivity contribution in [1.82, 2.24) is 15.5 Å². The first-order valence-electron chi connectivity index (χ1n) is 4.15. The summed E-state index contributed by atoms with van der Waals surface area (Å²) in [7, 11) is 0. The normalized spacial score (nSPS) is 20.5. The van der Waals surface area contributed by atoms with Crippen LogP contribution in [0.1, 0.15) is 6.92 Å². The van der Waals surface area contributed by atoms with Gasteiger partial charge in [-0.3, -0.25) is 0 Å². The summed E-state index contributed by atoms with van der Waals surface area (Å²) in [6, 6.07) is -2.26. The fourth-order valence-electron chi connectivity index (χ4n) is 1.10. The first kappa shape index (κ1) is 10.3. The maximum absolute atomic E-state index is 11.2. The van der Waals surface area contributed by atoms with Gasteiger partial charge in [-0.2, -0.15) is 0 Å². The van der Waals surface area contributed by atoms with Gasteiger partial charge in [-0.15, -0.1) is 0 Å². The molecule has 0 aromatic rings. The summed E-state index contributed by atoms with van der Waals surface area (Å²) in [5, 5.41) is 13.2. The molecular formula is C7H11N3O4. The SMILES string of the molecule is CCNC(=O)N1CC(C(=O)O)NC1=O. The summed E-state index contributed by atoms with van der Waals surface area (Å²) in [4.78, 5) is 33.6. The second-order valence-electron chi connectivity index (χ2n) is 2.79. The predicted molar refractivity (Wildman–Crippen MR) is 45.7 cm³/mol. The highest BCUT2D eigenvalue weighted by molar-refractivity contribution is 5.98. The quantitative estimate of drug-likeness (QED) is 0.544. The molecule has 1 heterocycles. The van der Waals surface area contributed by atoms with Gasteiger partial charge >= 0.3 is 18.0 Å². The highest BCUT2D eigenvalue weighted by atomic mass is 16.4. The van der Waals surface area contributed by atoms with Crippen molar-refractivity contribution in [2.75, 3.05) is 13.1 Å². The zero-order valence-corrected chi connectivity index (χ0v) is 7.61. The van der Waals surface area contributed by atoms with E-state index in [0.717, 1.165) is 4.90 Å². The van der Waals surface area contributed by atoms with Crippen molar-refractivity contribution in [1.29, 1.82) is 0 Å². The number of hydrogen-bond donors (Lipinski definition) is 3. The van der Waals surface area contributed by atoms with Gasteiger partial charge in [0, 0.05) is 6.54 Å². The zero-order chi connectivity index (χ0) is 10.7. The number of imide groups is 1. The molecule has 1 aliphatic heterocycles. The van der Waals surface area contributed by atoms with Crippen LogP contribution in [0.2, 0.25) is 0 Å². The summed E-state index contributed by atoms with van der Waals surface area (Å²) >= 11 is 0. The molecule has 7 nitrogen and oxygen atoms in total. The van der Waals surface area contributed by atoms with Gasteiger partial charge in [0.15, 0.2) is 0 Å². The molecule has 78 valence electrons. The Morgan fingerprint density at radius 1 is 1.71 bits per heavy atom. The van der Waals surface area contributed by atoms with E-state index in [9.17, 15) is 14.4 Å². The Morgan fingerprint density at radius 3 is 2.79 bits per heavy atom. The molecule has 0 bridgehead atoms. The molecule has 1 atom stereocenters. The van der Waals surface area contributed by atoms with Crippen LogP contribution < -0.4 is 10.6 Å². The Kier molecular flexibility index (Phi) is 2.90. The number of hydrogen-bond acceptors (Lipinski definition) is 3. The van der Waals surface area contributed by atoms with Gasteiger partial charge in [0.2, 0.25) is 0 Å². The van der Waals surface area contributed by atoms with Gasteiger partial charge in [-0.05, 0) is 6.92 Å². The molecular weight excluding hydrogens is 190 g/mol. The molecule has 1 rings (SSSR count). The molecule has 0 saturated carbocycles. The Morgan fingerprint density at radius 2 is 2.36 bits per heavy atom. The van der Waals surface area contributed by atoms with Crippen LogP contribution in [0.25, 0.3) is 0 Å². The molecule has 14 heavy (non-hydrogen) atoms. The van der Waals surface area contributed by atoms with E-state index in [1.54, 1.807) is 6.92 Å². The molecule has 1 saturated heterocycles. The summed E-state index contributed by atoms with van der Waals surface area (Å²) in [6.07, 6.45) is 0. The number of urea groups is 2. The highest BCUT2D eigenvalue weighted by Gasteiger charge is 2.36. The number of aliphatic carboxylic acids is 1. The van der Waals surface area contributed by atoms with Crippen LogP contribution in [0, 0.1) is 0 Å². The Hall–Kier alpha value is -1.79. The lowest BCUT2D eigenvalue weighted by atomic mass is 10.3. The van der Waals surface area contributed by atoms with Crippen LogP contribution in [0.3, 0.4) is 0 Å². The second kappa shape index (κ2) is 3.95. The Bertz CT molecular complexity index is 278. The topological polar surface area (TPSA) is 98.7 Å². The van der Waals surface area contributed by atoms with Crippen LogP contribution in [-0.4, -0.2) is 47.2 Å². The maximum atomic E-state index is 11.2. The van der Waals surface area contributed by atoms with E-state index in [2.05, 4.69) is 10.6 Å². The standard InChI is InChI=1S/C7H11N3O4/c1-2-8-6(13)10-3-4(5(11)12)9-7(10)14/h4H,2-3H2,1H3,(H,8,13)(H,9,14)(H,11,12). The van der Waals surface area contributed by atoms with Gasteiger partial charge in [-0.1, -0.05) is 0 Å². The molecule has 0 radical (unpaired) electrons. The summed E-state index contributed by atoms with van der Waals surface area (Å²) in [6.45, 7) is 1.96. The van der Waals surface area contributed by atoms with Crippen LogP contribution in [0.4, 0.5) is 9.59 Å². The lowest BCUT2D eigenvalue weighted by Crippen LogP contribution is -2.41. The Labute approximate surface area is 80.1 Å². The van der Waals surface area contributed by atoms with Gasteiger partial charge in [-0.25, -0.2) is 19.3 Å². The molecule has 0 aliphatic carbocycles.